The molecule has 0 unspecified atom stereocenters. The third-order valence-electron chi connectivity index (χ3n) is 2.09. The van der Waals surface area contributed by atoms with Crippen molar-refractivity contribution in [2.24, 2.45) is 7.05 Å². The standard InChI is InChI=1S/C9H14N2O3/c1-5(2)7-6(8(12)14-4)10-9(13)11(7)3/h5H,1-4H3,(H,10,13). The molecule has 1 N–H and O–H groups in total. The number of carbonyl (C=O) groups is 1. The number of hydrogen-bond donors (Lipinski definition) is 1. The Labute approximate surface area is 81.7 Å². The monoisotopic (exact) mass is 198 g/mol. The molecule has 1 rings (SSSR count). The van der Waals surface area contributed by atoms with Gasteiger partial charge in [-0.25, -0.2) is 9.59 Å². The van der Waals surface area contributed by atoms with Crippen molar-refractivity contribution >= 4 is 5.97 Å². The molecule has 0 saturated carbocycles. The van der Waals surface area contributed by atoms with Crippen molar-refractivity contribution in [1.29, 1.82) is 0 Å². The zero-order valence-electron chi connectivity index (χ0n) is 8.75. The molecule has 5 heteroatoms. The smallest absolute Gasteiger partial charge is 0.356 e. The van der Waals surface area contributed by atoms with E-state index in [1.54, 1.807) is 7.05 Å². The quantitative estimate of drug-likeness (QED) is 0.708. The van der Waals surface area contributed by atoms with Gasteiger partial charge in [-0.2, -0.15) is 0 Å². The molecule has 0 aromatic carbocycles. The summed E-state index contributed by atoms with van der Waals surface area (Å²) in [6.45, 7) is 3.82. The van der Waals surface area contributed by atoms with Crippen LogP contribution in [0.3, 0.4) is 0 Å². The van der Waals surface area contributed by atoms with Crippen LogP contribution in [0.5, 0.6) is 0 Å². The molecule has 0 aliphatic rings. The highest BCUT2D eigenvalue weighted by molar-refractivity contribution is 5.88. The highest BCUT2D eigenvalue weighted by atomic mass is 16.5. The Morgan fingerprint density at radius 1 is 1.50 bits per heavy atom. The van der Waals surface area contributed by atoms with Crippen LogP contribution >= 0.6 is 0 Å². The molecule has 5 nitrogen and oxygen atoms in total. The number of methoxy groups -OCH3 is 1. The fourth-order valence-electron chi connectivity index (χ4n) is 1.47. The van der Waals surface area contributed by atoms with Gasteiger partial charge in [0.1, 0.15) is 5.69 Å². The van der Waals surface area contributed by atoms with Gasteiger partial charge in [0.15, 0.2) is 0 Å². The van der Waals surface area contributed by atoms with Crippen LogP contribution in [0, 0.1) is 0 Å². The third kappa shape index (κ3) is 1.57. The van der Waals surface area contributed by atoms with Crippen LogP contribution in [0.2, 0.25) is 0 Å². The van der Waals surface area contributed by atoms with Gasteiger partial charge in [-0.05, 0) is 5.92 Å². The number of H-pyrrole nitrogens is 1. The van der Waals surface area contributed by atoms with E-state index in [-0.39, 0.29) is 17.3 Å². The van der Waals surface area contributed by atoms with E-state index >= 15 is 0 Å². The number of nitrogens with zero attached hydrogens (tertiary/aromatic N) is 1. The summed E-state index contributed by atoms with van der Waals surface area (Å²) in [7, 11) is 2.92. The molecule has 0 radical (unpaired) electrons. The molecule has 78 valence electrons. The number of hydrogen-bond acceptors (Lipinski definition) is 3. The number of esters is 1. The Bertz CT molecular complexity index is 401. The van der Waals surface area contributed by atoms with Crippen LogP contribution in [-0.4, -0.2) is 22.6 Å². The number of rotatable bonds is 2. The minimum absolute atomic E-state index is 0.0908. The normalized spacial score (nSPS) is 10.6. The molecule has 1 aromatic rings. The number of aromatic nitrogens is 2. The molecule has 0 saturated heterocycles. The molecule has 0 aliphatic carbocycles. The van der Waals surface area contributed by atoms with E-state index in [9.17, 15) is 9.59 Å². The van der Waals surface area contributed by atoms with Crippen LogP contribution in [0.1, 0.15) is 35.9 Å². The second-order valence-electron chi connectivity index (χ2n) is 3.40. The second kappa shape index (κ2) is 3.69. The molecule has 0 bridgehead atoms. The molecule has 0 spiro atoms. The van der Waals surface area contributed by atoms with Gasteiger partial charge in [-0.3, -0.25) is 9.55 Å². The summed E-state index contributed by atoms with van der Waals surface area (Å²) in [5.41, 5.74) is 0.617. The van der Waals surface area contributed by atoms with Gasteiger partial charge in [-0.15, -0.1) is 0 Å². The molecule has 0 atom stereocenters. The van der Waals surface area contributed by atoms with Gasteiger partial charge >= 0.3 is 11.7 Å². The van der Waals surface area contributed by atoms with Crippen molar-refractivity contribution in [1.82, 2.24) is 9.55 Å². The topological polar surface area (TPSA) is 64.1 Å². The first-order chi connectivity index (χ1) is 6.49. The molecule has 14 heavy (non-hydrogen) atoms. The van der Waals surface area contributed by atoms with E-state index < -0.39 is 5.97 Å². The fourth-order valence-corrected chi connectivity index (χ4v) is 1.47. The van der Waals surface area contributed by atoms with Gasteiger partial charge in [0.25, 0.3) is 0 Å². The lowest BCUT2D eigenvalue weighted by atomic mass is 10.1. The van der Waals surface area contributed by atoms with E-state index in [2.05, 4.69) is 9.72 Å². The zero-order valence-corrected chi connectivity index (χ0v) is 8.75. The van der Waals surface area contributed by atoms with E-state index in [0.29, 0.717) is 5.69 Å². The molecular weight excluding hydrogens is 184 g/mol. The van der Waals surface area contributed by atoms with Crippen molar-refractivity contribution in [3.63, 3.8) is 0 Å². The summed E-state index contributed by atoms with van der Waals surface area (Å²) >= 11 is 0. The molecule has 1 heterocycles. The summed E-state index contributed by atoms with van der Waals surface area (Å²) in [5.74, 6) is -0.417. The van der Waals surface area contributed by atoms with Gasteiger partial charge in [-0.1, -0.05) is 13.8 Å². The van der Waals surface area contributed by atoms with Crippen LogP contribution < -0.4 is 5.69 Å². The van der Waals surface area contributed by atoms with E-state index in [4.69, 9.17) is 0 Å². The SMILES string of the molecule is COC(=O)c1[nH]c(=O)n(C)c1C(C)C. The zero-order chi connectivity index (χ0) is 10.9. The molecule has 0 aliphatic heterocycles. The summed E-state index contributed by atoms with van der Waals surface area (Å²) in [4.78, 5) is 25.1. The van der Waals surface area contributed by atoms with E-state index in [0.717, 1.165) is 0 Å². The molecule has 1 aromatic heterocycles. The fraction of sp³-hybridized carbons (Fsp3) is 0.556. The predicted molar refractivity (Wildman–Crippen MR) is 51.5 cm³/mol. The Hall–Kier alpha value is -1.52. The van der Waals surface area contributed by atoms with Crippen molar-refractivity contribution in [3.05, 3.63) is 21.9 Å². The highest BCUT2D eigenvalue weighted by Crippen LogP contribution is 2.16. The van der Waals surface area contributed by atoms with Crippen molar-refractivity contribution < 1.29 is 9.53 Å². The van der Waals surface area contributed by atoms with Crippen LogP contribution in [0.15, 0.2) is 4.79 Å². The van der Waals surface area contributed by atoms with Gasteiger partial charge in [0, 0.05) is 7.05 Å². The highest BCUT2D eigenvalue weighted by Gasteiger charge is 2.20. The van der Waals surface area contributed by atoms with Gasteiger partial charge in [0.2, 0.25) is 0 Å². The number of carbonyl (C=O) groups excluding carboxylic acids is 1. The number of imidazole rings is 1. The maximum Gasteiger partial charge on any atom is 0.356 e. The maximum absolute atomic E-state index is 11.3. The van der Waals surface area contributed by atoms with Crippen molar-refractivity contribution in [2.75, 3.05) is 7.11 Å². The van der Waals surface area contributed by atoms with Gasteiger partial charge in [0.05, 0.1) is 12.8 Å². The van der Waals surface area contributed by atoms with Crippen LogP contribution in [0.4, 0.5) is 0 Å². The first-order valence-corrected chi connectivity index (χ1v) is 4.36. The lowest BCUT2D eigenvalue weighted by Gasteiger charge is -2.07. The first-order valence-electron chi connectivity index (χ1n) is 4.36. The summed E-state index contributed by atoms with van der Waals surface area (Å²) in [5, 5.41) is 0. The summed E-state index contributed by atoms with van der Waals surface area (Å²) in [6.07, 6.45) is 0. The molecule has 0 fully saturated rings. The van der Waals surface area contributed by atoms with E-state index in [1.165, 1.54) is 11.7 Å². The summed E-state index contributed by atoms with van der Waals surface area (Å²) in [6, 6.07) is 0. The average molecular weight is 198 g/mol. The number of aromatic amines is 1. The van der Waals surface area contributed by atoms with Crippen molar-refractivity contribution in [3.8, 4) is 0 Å². The lowest BCUT2D eigenvalue weighted by Crippen LogP contribution is -2.14. The first kappa shape index (κ1) is 10.6. The summed E-state index contributed by atoms with van der Waals surface area (Å²) < 4.78 is 6.00. The second-order valence-corrected chi connectivity index (χ2v) is 3.40. The Balaban J connectivity index is 3.36. The lowest BCUT2D eigenvalue weighted by molar-refractivity contribution is 0.0592. The molecule has 0 amide bonds. The Morgan fingerprint density at radius 2 is 2.07 bits per heavy atom. The maximum atomic E-state index is 11.3. The third-order valence-corrected chi connectivity index (χ3v) is 2.09. The Kier molecular flexibility index (Phi) is 2.78. The average Bonchev–Trinajstić information content (AvgIpc) is 2.42. The minimum atomic E-state index is -0.508. The minimum Gasteiger partial charge on any atom is -0.464 e. The predicted octanol–water partition coefficient (Wildman–Crippen LogP) is 0.623. The van der Waals surface area contributed by atoms with Crippen molar-refractivity contribution in [2.45, 2.75) is 19.8 Å². The van der Waals surface area contributed by atoms with E-state index in [1.807, 2.05) is 13.8 Å². The number of ether oxygens (including phenoxy) is 1. The largest absolute Gasteiger partial charge is 0.464 e. The van der Waals surface area contributed by atoms with Crippen LogP contribution in [0.25, 0.3) is 0 Å². The number of nitrogens with one attached hydrogen (secondary N) is 1. The van der Waals surface area contributed by atoms with Gasteiger partial charge < -0.3 is 4.74 Å². The molecular formula is C9H14N2O3. The Morgan fingerprint density at radius 3 is 2.50 bits per heavy atom. The van der Waals surface area contributed by atoms with Crippen LogP contribution in [-0.2, 0) is 11.8 Å².